The van der Waals surface area contributed by atoms with E-state index in [0.717, 1.165) is 44.9 Å². The van der Waals surface area contributed by atoms with E-state index in [2.05, 4.69) is 6.07 Å². The van der Waals surface area contributed by atoms with Gasteiger partial charge in [-0.05, 0) is 25.7 Å². The third kappa shape index (κ3) is 1.41. The first-order chi connectivity index (χ1) is 7.67. The first-order valence-electron chi connectivity index (χ1n) is 6.23. The quantitative estimate of drug-likeness (QED) is 0.532. The molecule has 16 heavy (non-hydrogen) atoms. The third-order valence-electron chi connectivity index (χ3n) is 4.59. The minimum absolute atomic E-state index is 0.124. The Hall–Kier alpha value is -1.11. The van der Waals surface area contributed by atoms with Crippen LogP contribution >= 0.6 is 0 Å². The lowest BCUT2D eigenvalue weighted by Gasteiger charge is -2.39. The number of rotatable bonds is 2. The van der Waals surface area contributed by atoms with Crippen LogP contribution in [0.2, 0.25) is 0 Å². The number of nitriles is 1. The lowest BCUT2D eigenvalue weighted by atomic mass is 9.62. The van der Waals surface area contributed by atoms with Crippen LogP contribution in [0.1, 0.15) is 57.8 Å². The van der Waals surface area contributed by atoms with Gasteiger partial charge in [-0.3, -0.25) is 10.1 Å². The molecule has 0 aromatic carbocycles. The van der Waals surface area contributed by atoms with E-state index < -0.39 is 11.0 Å². The minimum atomic E-state index is -0.934. The van der Waals surface area contributed by atoms with Crippen LogP contribution in [0.5, 0.6) is 0 Å². The molecule has 0 amide bonds. The van der Waals surface area contributed by atoms with Gasteiger partial charge in [0.1, 0.15) is 5.41 Å². The van der Waals surface area contributed by atoms with Crippen LogP contribution in [0.4, 0.5) is 0 Å². The van der Waals surface area contributed by atoms with Gasteiger partial charge >= 0.3 is 0 Å². The fraction of sp³-hybridized carbons (Fsp3) is 0.917. The van der Waals surface area contributed by atoms with Crippen LogP contribution in [-0.2, 0) is 0 Å². The summed E-state index contributed by atoms with van der Waals surface area (Å²) in [6.07, 6.45) is 7.51. The summed E-state index contributed by atoms with van der Waals surface area (Å²) in [5.41, 5.74) is -1.60. The molecule has 4 nitrogen and oxygen atoms in total. The molecule has 0 aromatic heterocycles. The first kappa shape index (κ1) is 11.4. The maximum Gasteiger partial charge on any atom is 0.240 e. The number of hydrogen-bond acceptors (Lipinski definition) is 3. The molecule has 0 atom stereocenters. The number of hydrogen-bond donors (Lipinski definition) is 0. The van der Waals surface area contributed by atoms with Crippen molar-refractivity contribution in [1.82, 2.24) is 0 Å². The van der Waals surface area contributed by atoms with Crippen molar-refractivity contribution in [3.8, 4) is 6.07 Å². The molecule has 2 saturated carbocycles. The molecule has 0 N–H and O–H groups in total. The molecule has 0 aromatic rings. The molecule has 0 saturated heterocycles. The Balaban J connectivity index is 2.37. The Morgan fingerprint density at radius 3 is 1.94 bits per heavy atom. The zero-order valence-electron chi connectivity index (χ0n) is 9.57. The van der Waals surface area contributed by atoms with Gasteiger partial charge < -0.3 is 0 Å². The topological polar surface area (TPSA) is 66.9 Å². The zero-order valence-corrected chi connectivity index (χ0v) is 9.57. The summed E-state index contributed by atoms with van der Waals surface area (Å²) in [7, 11) is 0. The Bertz CT molecular complexity index is 320. The molecule has 88 valence electrons. The lowest BCUT2D eigenvalue weighted by Crippen LogP contribution is -2.53. The standard InChI is InChI=1S/C12H18N2O2/c13-10-11(6-4-5-7-11)12(14(15)16)8-2-1-3-9-12/h1-9H2. The van der Waals surface area contributed by atoms with Gasteiger partial charge in [0.05, 0.1) is 6.07 Å². The van der Waals surface area contributed by atoms with Crippen molar-refractivity contribution in [2.45, 2.75) is 63.3 Å². The molecule has 0 spiro atoms. The summed E-state index contributed by atoms with van der Waals surface area (Å²) in [5.74, 6) is 0. The monoisotopic (exact) mass is 222 g/mol. The van der Waals surface area contributed by atoms with Crippen molar-refractivity contribution in [3.05, 3.63) is 10.1 Å². The fourth-order valence-electron chi connectivity index (χ4n) is 3.63. The maximum absolute atomic E-state index is 11.5. The van der Waals surface area contributed by atoms with Crippen LogP contribution in [0.15, 0.2) is 0 Å². The molecule has 2 fully saturated rings. The number of nitro groups is 1. The van der Waals surface area contributed by atoms with E-state index in [1.807, 2.05) is 0 Å². The Kier molecular flexibility index (Phi) is 2.88. The second kappa shape index (κ2) is 4.04. The molecule has 0 bridgehead atoms. The van der Waals surface area contributed by atoms with Crippen LogP contribution in [-0.4, -0.2) is 10.5 Å². The van der Waals surface area contributed by atoms with Crippen LogP contribution in [0.3, 0.4) is 0 Å². The molecule has 4 heteroatoms. The summed E-state index contributed by atoms with van der Waals surface area (Å²) in [4.78, 5) is 11.4. The van der Waals surface area contributed by atoms with Gasteiger partial charge in [0.15, 0.2) is 0 Å². The number of nitrogens with zero attached hydrogens (tertiary/aromatic N) is 2. The highest BCUT2D eigenvalue weighted by Gasteiger charge is 2.62. The predicted octanol–water partition coefficient (Wildman–Crippen LogP) is 3.05. The highest BCUT2D eigenvalue weighted by atomic mass is 16.6. The molecular formula is C12H18N2O2. The second-order valence-corrected chi connectivity index (χ2v) is 5.25. The summed E-state index contributed by atoms with van der Waals surface area (Å²) >= 11 is 0. The molecule has 2 aliphatic rings. The van der Waals surface area contributed by atoms with Gasteiger partial charge in [0.2, 0.25) is 5.54 Å². The van der Waals surface area contributed by atoms with E-state index in [4.69, 9.17) is 0 Å². The maximum atomic E-state index is 11.5. The summed E-state index contributed by atoms with van der Waals surface area (Å²) in [6.45, 7) is 0. The second-order valence-electron chi connectivity index (χ2n) is 5.25. The van der Waals surface area contributed by atoms with E-state index >= 15 is 0 Å². The molecule has 0 heterocycles. The van der Waals surface area contributed by atoms with Gasteiger partial charge in [-0.25, -0.2) is 0 Å². The molecule has 0 aliphatic heterocycles. The van der Waals surface area contributed by atoms with E-state index in [1.165, 1.54) is 0 Å². The largest absolute Gasteiger partial charge is 0.264 e. The van der Waals surface area contributed by atoms with Crippen molar-refractivity contribution in [3.63, 3.8) is 0 Å². The van der Waals surface area contributed by atoms with E-state index in [-0.39, 0.29) is 4.92 Å². The predicted molar refractivity (Wildman–Crippen MR) is 59.3 cm³/mol. The molecule has 2 aliphatic carbocycles. The lowest BCUT2D eigenvalue weighted by molar-refractivity contribution is -0.593. The molecular weight excluding hydrogens is 204 g/mol. The SMILES string of the molecule is N#CC1(C2([N+](=O)[O-])CCCCC2)CCCC1. The first-order valence-corrected chi connectivity index (χ1v) is 6.23. The molecule has 0 radical (unpaired) electrons. The zero-order chi connectivity index (χ0) is 11.6. The van der Waals surface area contributed by atoms with Gasteiger partial charge in [0, 0.05) is 17.8 Å². The van der Waals surface area contributed by atoms with E-state index in [0.29, 0.717) is 12.8 Å². The van der Waals surface area contributed by atoms with E-state index in [9.17, 15) is 15.4 Å². The Morgan fingerprint density at radius 1 is 1.00 bits per heavy atom. The van der Waals surface area contributed by atoms with Crippen molar-refractivity contribution >= 4 is 0 Å². The minimum Gasteiger partial charge on any atom is -0.264 e. The fourth-order valence-corrected chi connectivity index (χ4v) is 3.63. The average molecular weight is 222 g/mol. The van der Waals surface area contributed by atoms with Crippen molar-refractivity contribution < 1.29 is 4.92 Å². The summed E-state index contributed by atoms with van der Waals surface area (Å²) < 4.78 is 0. The Labute approximate surface area is 95.8 Å². The van der Waals surface area contributed by atoms with Gasteiger partial charge in [-0.15, -0.1) is 0 Å². The van der Waals surface area contributed by atoms with Crippen molar-refractivity contribution in [2.75, 3.05) is 0 Å². The summed E-state index contributed by atoms with van der Waals surface area (Å²) in [6, 6.07) is 2.33. The van der Waals surface area contributed by atoms with E-state index in [1.54, 1.807) is 0 Å². The van der Waals surface area contributed by atoms with Crippen LogP contribution < -0.4 is 0 Å². The van der Waals surface area contributed by atoms with Crippen molar-refractivity contribution in [1.29, 1.82) is 5.26 Å². The van der Waals surface area contributed by atoms with Crippen LogP contribution in [0.25, 0.3) is 0 Å². The highest BCUT2D eigenvalue weighted by molar-refractivity contribution is 5.14. The third-order valence-corrected chi connectivity index (χ3v) is 4.59. The van der Waals surface area contributed by atoms with Gasteiger partial charge in [-0.1, -0.05) is 19.3 Å². The van der Waals surface area contributed by atoms with Crippen molar-refractivity contribution in [2.24, 2.45) is 5.41 Å². The molecule has 0 unspecified atom stereocenters. The molecule has 2 rings (SSSR count). The van der Waals surface area contributed by atoms with Crippen LogP contribution in [0, 0.1) is 26.9 Å². The van der Waals surface area contributed by atoms with Gasteiger partial charge in [0.25, 0.3) is 0 Å². The average Bonchev–Trinajstić information content (AvgIpc) is 2.80. The highest BCUT2D eigenvalue weighted by Crippen LogP contribution is 2.53. The Morgan fingerprint density at radius 2 is 1.50 bits per heavy atom. The normalized spacial score (nSPS) is 27.2. The van der Waals surface area contributed by atoms with Gasteiger partial charge in [-0.2, -0.15) is 5.26 Å². The smallest absolute Gasteiger partial charge is 0.240 e. The summed E-state index contributed by atoms with van der Waals surface area (Å²) in [5, 5.41) is 20.9.